The van der Waals surface area contributed by atoms with Crippen LogP contribution >= 0.6 is 11.6 Å². The van der Waals surface area contributed by atoms with Crippen LogP contribution in [-0.2, 0) is 0 Å². The maximum Gasteiger partial charge on any atom is 0.387 e. The van der Waals surface area contributed by atoms with Crippen LogP contribution in [0.5, 0.6) is 17.2 Å². The average Bonchev–Trinajstić information content (AvgIpc) is 2.60. The van der Waals surface area contributed by atoms with Crippen molar-refractivity contribution < 1.29 is 27.8 Å². The first kappa shape index (κ1) is 19.8. The van der Waals surface area contributed by atoms with Crippen molar-refractivity contribution in [3.8, 4) is 17.2 Å². The van der Waals surface area contributed by atoms with Gasteiger partial charge in [0.25, 0.3) is 5.91 Å². The number of alkyl halides is 2. The van der Waals surface area contributed by atoms with Crippen LogP contribution in [0.3, 0.4) is 0 Å². The van der Waals surface area contributed by atoms with E-state index in [1.807, 2.05) is 0 Å². The minimum atomic E-state index is -2.91. The van der Waals surface area contributed by atoms with Gasteiger partial charge < -0.3 is 19.5 Å². The molecule has 1 atom stereocenters. The van der Waals surface area contributed by atoms with E-state index in [1.165, 1.54) is 38.5 Å². The molecule has 0 heterocycles. The maximum absolute atomic E-state index is 12.5. The highest BCUT2D eigenvalue weighted by molar-refractivity contribution is 6.32. The minimum Gasteiger partial charge on any atom is -0.493 e. The van der Waals surface area contributed by atoms with Crippen molar-refractivity contribution in [3.05, 3.63) is 52.5 Å². The first-order valence-corrected chi connectivity index (χ1v) is 8.00. The van der Waals surface area contributed by atoms with Gasteiger partial charge in [0.1, 0.15) is 5.75 Å². The molecule has 0 fully saturated rings. The number of methoxy groups -OCH3 is 2. The molecule has 1 unspecified atom stereocenters. The van der Waals surface area contributed by atoms with Crippen LogP contribution < -0.4 is 19.5 Å². The summed E-state index contributed by atoms with van der Waals surface area (Å²) in [4.78, 5) is 12.5. The Bertz CT molecular complexity index is 786. The van der Waals surface area contributed by atoms with E-state index in [-0.39, 0.29) is 16.3 Å². The quantitative estimate of drug-likeness (QED) is 0.765. The molecule has 8 heteroatoms. The number of carbonyl (C=O) groups excluding carboxylic acids is 1. The molecule has 0 aromatic heterocycles. The Morgan fingerprint density at radius 3 is 2.50 bits per heavy atom. The van der Waals surface area contributed by atoms with Crippen molar-refractivity contribution in [1.82, 2.24) is 5.32 Å². The topological polar surface area (TPSA) is 56.8 Å². The van der Waals surface area contributed by atoms with E-state index in [1.54, 1.807) is 19.1 Å². The Morgan fingerprint density at radius 1 is 1.15 bits per heavy atom. The number of rotatable bonds is 7. The summed E-state index contributed by atoms with van der Waals surface area (Å²) in [7, 11) is 2.88. The Balaban J connectivity index is 2.18. The third kappa shape index (κ3) is 4.76. The predicted molar refractivity (Wildman–Crippen MR) is 93.5 cm³/mol. The summed E-state index contributed by atoms with van der Waals surface area (Å²) in [6, 6.07) is 8.64. The second kappa shape index (κ2) is 8.71. The number of carbonyl (C=O) groups is 1. The molecule has 0 bridgehead atoms. The minimum absolute atomic E-state index is 0.0211. The number of ether oxygens (including phenoxy) is 3. The summed E-state index contributed by atoms with van der Waals surface area (Å²) in [6.07, 6.45) is 0. The average molecular weight is 386 g/mol. The molecule has 0 spiro atoms. The van der Waals surface area contributed by atoms with Gasteiger partial charge in [-0.3, -0.25) is 4.79 Å². The van der Waals surface area contributed by atoms with E-state index in [0.717, 1.165) is 0 Å². The molecule has 0 aliphatic rings. The molecule has 0 saturated heterocycles. The number of nitrogens with one attached hydrogen (secondary N) is 1. The van der Waals surface area contributed by atoms with Crippen molar-refractivity contribution >= 4 is 17.5 Å². The highest BCUT2D eigenvalue weighted by Gasteiger charge is 2.17. The lowest BCUT2D eigenvalue weighted by molar-refractivity contribution is -0.0499. The Morgan fingerprint density at radius 2 is 1.88 bits per heavy atom. The summed E-state index contributed by atoms with van der Waals surface area (Å²) in [5, 5.41) is 3.01. The van der Waals surface area contributed by atoms with Gasteiger partial charge in [-0.15, -0.1) is 0 Å². The second-order valence-corrected chi connectivity index (χ2v) is 5.75. The van der Waals surface area contributed by atoms with Crippen LogP contribution in [0.15, 0.2) is 36.4 Å². The summed E-state index contributed by atoms with van der Waals surface area (Å²) in [6.45, 7) is -1.19. The van der Waals surface area contributed by atoms with E-state index >= 15 is 0 Å². The number of hydrogen-bond donors (Lipinski definition) is 1. The first-order chi connectivity index (χ1) is 12.3. The van der Waals surface area contributed by atoms with Crippen molar-refractivity contribution in [2.45, 2.75) is 19.6 Å². The normalized spacial score (nSPS) is 11.8. The smallest absolute Gasteiger partial charge is 0.387 e. The van der Waals surface area contributed by atoms with Crippen LogP contribution in [0.1, 0.15) is 28.9 Å². The summed E-state index contributed by atoms with van der Waals surface area (Å²) < 4.78 is 39.3. The van der Waals surface area contributed by atoms with Gasteiger partial charge in [-0.05, 0) is 36.8 Å². The van der Waals surface area contributed by atoms with E-state index < -0.39 is 18.6 Å². The van der Waals surface area contributed by atoms with E-state index in [4.69, 9.17) is 21.1 Å². The third-order valence-electron chi connectivity index (χ3n) is 3.63. The van der Waals surface area contributed by atoms with Gasteiger partial charge in [0.05, 0.1) is 25.3 Å². The Labute approximate surface area is 154 Å². The van der Waals surface area contributed by atoms with Crippen LogP contribution in [0.25, 0.3) is 0 Å². The second-order valence-electron chi connectivity index (χ2n) is 5.34. The van der Waals surface area contributed by atoms with E-state index in [9.17, 15) is 13.6 Å². The molecular weight excluding hydrogens is 368 g/mol. The van der Waals surface area contributed by atoms with Crippen LogP contribution in [0.2, 0.25) is 5.02 Å². The van der Waals surface area contributed by atoms with E-state index in [0.29, 0.717) is 17.1 Å². The van der Waals surface area contributed by atoms with Gasteiger partial charge >= 0.3 is 6.61 Å². The van der Waals surface area contributed by atoms with Crippen molar-refractivity contribution in [2.75, 3.05) is 14.2 Å². The van der Waals surface area contributed by atoms with Gasteiger partial charge in [0.15, 0.2) is 11.5 Å². The van der Waals surface area contributed by atoms with Crippen LogP contribution in [-0.4, -0.2) is 26.7 Å². The zero-order valence-corrected chi connectivity index (χ0v) is 15.1. The summed E-state index contributed by atoms with van der Waals surface area (Å²) in [5.41, 5.74) is 0.891. The lowest BCUT2D eigenvalue weighted by Crippen LogP contribution is -2.26. The van der Waals surface area contributed by atoms with Crippen LogP contribution in [0, 0.1) is 0 Å². The number of amides is 1. The highest BCUT2D eigenvalue weighted by atomic mass is 35.5. The molecular formula is C18H18ClF2NO4. The van der Waals surface area contributed by atoms with Crippen molar-refractivity contribution in [2.24, 2.45) is 0 Å². The maximum atomic E-state index is 12.5. The largest absolute Gasteiger partial charge is 0.493 e. The molecule has 0 radical (unpaired) electrons. The first-order valence-electron chi connectivity index (χ1n) is 7.62. The molecule has 26 heavy (non-hydrogen) atoms. The van der Waals surface area contributed by atoms with Crippen LogP contribution in [0.4, 0.5) is 8.78 Å². The Kier molecular flexibility index (Phi) is 6.63. The highest BCUT2D eigenvalue weighted by Crippen LogP contribution is 2.36. The molecule has 2 aromatic carbocycles. The van der Waals surface area contributed by atoms with Gasteiger partial charge in [-0.1, -0.05) is 23.7 Å². The summed E-state index contributed by atoms with van der Waals surface area (Å²) >= 11 is 6.11. The lowest BCUT2D eigenvalue weighted by Gasteiger charge is -2.17. The molecule has 1 N–H and O–H groups in total. The molecule has 1 amide bonds. The fraction of sp³-hybridized carbons (Fsp3) is 0.278. The summed E-state index contributed by atoms with van der Waals surface area (Å²) in [5.74, 6) is 0.272. The molecule has 0 aliphatic carbocycles. The predicted octanol–water partition coefficient (Wildman–Crippen LogP) is 4.45. The van der Waals surface area contributed by atoms with Gasteiger partial charge in [0.2, 0.25) is 0 Å². The number of benzene rings is 2. The third-order valence-corrected chi connectivity index (χ3v) is 3.91. The molecule has 2 rings (SSSR count). The van der Waals surface area contributed by atoms with E-state index in [2.05, 4.69) is 10.1 Å². The van der Waals surface area contributed by atoms with Gasteiger partial charge in [0, 0.05) is 5.56 Å². The van der Waals surface area contributed by atoms with Gasteiger partial charge in [-0.25, -0.2) is 0 Å². The molecule has 0 saturated carbocycles. The Hall–Kier alpha value is -2.54. The molecule has 140 valence electrons. The van der Waals surface area contributed by atoms with Gasteiger partial charge in [-0.2, -0.15) is 8.78 Å². The molecule has 0 aliphatic heterocycles. The zero-order valence-electron chi connectivity index (χ0n) is 14.4. The van der Waals surface area contributed by atoms with Crippen molar-refractivity contribution in [1.29, 1.82) is 0 Å². The molecule has 2 aromatic rings. The fourth-order valence-corrected chi connectivity index (χ4v) is 2.66. The molecule has 5 nitrogen and oxygen atoms in total. The standard InChI is InChI=1S/C18H18ClF2NO4/c1-10(11-5-4-6-13(7-11)26-18(20)21)22-17(23)12-8-14(19)16(25-3)15(9-12)24-2/h4-10,18H,1-3H3,(H,22,23). The van der Waals surface area contributed by atoms with Crippen molar-refractivity contribution in [3.63, 3.8) is 0 Å². The SMILES string of the molecule is COc1cc(C(=O)NC(C)c2cccc(OC(F)F)c2)cc(Cl)c1OC. The number of hydrogen-bond acceptors (Lipinski definition) is 4. The zero-order chi connectivity index (χ0) is 19.3. The number of halogens is 3. The monoisotopic (exact) mass is 385 g/mol. The lowest BCUT2D eigenvalue weighted by atomic mass is 10.1. The fourth-order valence-electron chi connectivity index (χ4n) is 2.37.